The monoisotopic (exact) mass is 270 g/mol. The lowest BCUT2D eigenvalue weighted by Crippen LogP contribution is -2.36. The van der Waals surface area contributed by atoms with Crippen LogP contribution in [-0.4, -0.2) is 26.7 Å². The van der Waals surface area contributed by atoms with Crippen LogP contribution in [0.1, 0.15) is 42.5 Å². The number of carbonyl (C=O) groups excluding carboxylic acids is 1. The summed E-state index contributed by atoms with van der Waals surface area (Å²) in [4.78, 5) is 16.1. The zero-order valence-corrected chi connectivity index (χ0v) is 11.3. The molecular weight excluding hydrogens is 252 g/mol. The molecule has 0 bridgehead atoms. The van der Waals surface area contributed by atoms with Crippen LogP contribution in [0.25, 0.3) is 5.69 Å². The van der Waals surface area contributed by atoms with E-state index in [1.165, 1.54) is 25.6 Å². The third kappa shape index (κ3) is 2.87. The maximum Gasteiger partial charge on any atom is 0.251 e. The van der Waals surface area contributed by atoms with Gasteiger partial charge in [0.05, 0.1) is 5.69 Å². The molecule has 0 spiro atoms. The Morgan fingerprint density at radius 1 is 1.15 bits per heavy atom. The highest BCUT2D eigenvalue weighted by Gasteiger charge is 2.16. The van der Waals surface area contributed by atoms with Gasteiger partial charge < -0.3 is 5.32 Å². The van der Waals surface area contributed by atoms with Crippen molar-refractivity contribution in [1.29, 1.82) is 0 Å². The fourth-order valence-corrected chi connectivity index (χ4v) is 2.62. The van der Waals surface area contributed by atoms with Gasteiger partial charge in [-0.1, -0.05) is 19.3 Å². The first-order chi connectivity index (χ1) is 9.83. The van der Waals surface area contributed by atoms with Crippen molar-refractivity contribution in [2.24, 2.45) is 0 Å². The van der Waals surface area contributed by atoms with Gasteiger partial charge in [-0.3, -0.25) is 4.79 Å². The fraction of sp³-hybridized carbons (Fsp3) is 0.400. The Morgan fingerprint density at radius 2 is 1.90 bits per heavy atom. The zero-order valence-electron chi connectivity index (χ0n) is 11.3. The van der Waals surface area contributed by atoms with Gasteiger partial charge in [0.1, 0.15) is 12.7 Å². The number of hydrogen-bond acceptors (Lipinski definition) is 3. The van der Waals surface area contributed by atoms with Crippen molar-refractivity contribution in [3.63, 3.8) is 0 Å². The van der Waals surface area contributed by atoms with E-state index in [1.54, 1.807) is 11.0 Å². The van der Waals surface area contributed by atoms with E-state index in [-0.39, 0.29) is 5.91 Å². The number of amides is 1. The predicted molar refractivity (Wildman–Crippen MR) is 75.7 cm³/mol. The maximum atomic E-state index is 12.2. The summed E-state index contributed by atoms with van der Waals surface area (Å²) in [5.74, 6) is 0.0158. The van der Waals surface area contributed by atoms with Crippen molar-refractivity contribution in [2.45, 2.75) is 38.1 Å². The third-order valence-corrected chi connectivity index (χ3v) is 3.75. The topological polar surface area (TPSA) is 59.8 Å². The molecule has 5 heteroatoms. The van der Waals surface area contributed by atoms with Gasteiger partial charge in [0.2, 0.25) is 0 Å². The zero-order chi connectivity index (χ0) is 13.8. The molecule has 0 atom stereocenters. The first-order valence-corrected chi connectivity index (χ1v) is 7.09. The fourth-order valence-electron chi connectivity index (χ4n) is 2.62. The Kier molecular flexibility index (Phi) is 3.76. The molecule has 0 radical (unpaired) electrons. The lowest BCUT2D eigenvalue weighted by atomic mass is 9.95. The number of rotatable bonds is 3. The maximum absolute atomic E-state index is 12.2. The smallest absolute Gasteiger partial charge is 0.251 e. The number of nitrogens with zero attached hydrogens (tertiary/aromatic N) is 3. The van der Waals surface area contributed by atoms with Crippen LogP contribution in [0.3, 0.4) is 0 Å². The molecule has 1 fully saturated rings. The highest BCUT2D eigenvalue weighted by Crippen LogP contribution is 2.18. The van der Waals surface area contributed by atoms with E-state index in [0.717, 1.165) is 18.5 Å². The molecule has 1 aliphatic rings. The molecule has 3 rings (SSSR count). The molecule has 1 aromatic carbocycles. The molecule has 1 aromatic heterocycles. The molecule has 20 heavy (non-hydrogen) atoms. The molecule has 1 aliphatic carbocycles. The van der Waals surface area contributed by atoms with Crippen LogP contribution < -0.4 is 5.32 Å². The van der Waals surface area contributed by atoms with Crippen LogP contribution in [0, 0.1) is 0 Å². The molecule has 1 N–H and O–H groups in total. The number of aromatic nitrogens is 3. The van der Waals surface area contributed by atoms with E-state index in [0.29, 0.717) is 11.6 Å². The van der Waals surface area contributed by atoms with Crippen LogP contribution in [0.15, 0.2) is 36.9 Å². The Balaban J connectivity index is 1.66. The van der Waals surface area contributed by atoms with E-state index < -0.39 is 0 Å². The minimum Gasteiger partial charge on any atom is -0.349 e. The van der Waals surface area contributed by atoms with E-state index >= 15 is 0 Å². The third-order valence-electron chi connectivity index (χ3n) is 3.75. The summed E-state index contributed by atoms with van der Waals surface area (Å²) in [5.41, 5.74) is 1.59. The minimum absolute atomic E-state index is 0.0158. The largest absolute Gasteiger partial charge is 0.349 e. The number of hydrogen-bond donors (Lipinski definition) is 1. The summed E-state index contributed by atoms with van der Waals surface area (Å²) < 4.78 is 1.67. The molecule has 0 aliphatic heterocycles. The Labute approximate surface area is 118 Å². The molecule has 104 valence electrons. The van der Waals surface area contributed by atoms with E-state index in [1.807, 2.05) is 24.3 Å². The van der Waals surface area contributed by atoms with Crippen molar-refractivity contribution in [2.75, 3.05) is 0 Å². The second-order valence-corrected chi connectivity index (χ2v) is 5.20. The predicted octanol–water partition coefficient (Wildman–Crippen LogP) is 2.33. The second kappa shape index (κ2) is 5.86. The van der Waals surface area contributed by atoms with Crippen molar-refractivity contribution >= 4 is 5.91 Å². The summed E-state index contributed by atoms with van der Waals surface area (Å²) in [7, 11) is 0. The summed E-state index contributed by atoms with van der Waals surface area (Å²) >= 11 is 0. The quantitative estimate of drug-likeness (QED) is 0.931. The highest BCUT2D eigenvalue weighted by atomic mass is 16.1. The lowest BCUT2D eigenvalue weighted by Gasteiger charge is -2.22. The van der Waals surface area contributed by atoms with Gasteiger partial charge in [0.15, 0.2) is 0 Å². The van der Waals surface area contributed by atoms with Gasteiger partial charge in [-0.2, -0.15) is 5.10 Å². The van der Waals surface area contributed by atoms with E-state index in [9.17, 15) is 4.79 Å². The number of carbonyl (C=O) groups is 1. The van der Waals surface area contributed by atoms with Gasteiger partial charge in [0.25, 0.3) is 5.91 Å². The van der Waals surface area contributed by atoms with Crippen molar-refractivity contribution < 1.29 is 4.79 Å². The Hall–Kier alpha value is -2.17. The average Bonchev–Trinajstić information content (AvgIpc) is 3.03. The molecule has 2 aromatic rings. The van der Waals surface area contributed by atoms with Crippen molar-refractivity contribution in [1.82, 2.24) is 20.1 Å². The van der Waals surface area contributed by atoms with Crippen molar-refractivity contribution in [3.8, 4) is 5.69 Å². The molecule has 0 saturated heterocycles. The van der Waals surface area contributed by atoms with Gasteiger partial charge in [0, 0.05) is 11.6 Å². The first kappa shape index (κ1) is 12.8. The summed E-state index contributed by atoms with van der Waals surface area (Å²) in [6, 6.07) is 7.76. The van der Waals surface area contributed by atoms with Crippen LogP contribution in [0.5, 0.6) is 0 Å². The van der Waals surface area contributed by atoms with Gasteiger partial charge in [-0.05, 0) is 37.1 Å². The molecule has 1 heterocycles. The highest BCUT2D eigenvalue weighted by molar-refractivity contribution is 5.94. The normalized spacial score (nSPS) is 16.0. The SMILES string of the molecule is O=C(NC1CCCCC1)c1ccc(-n2cncn2)cc1. The van der Waals surface area contributed by atoms with Crippen LogP contribution in [0.4, 0.5) is 0 Å². The van der Waals surface area contributed by atoms with Crippen LogP contribution >= 0.6 is 0 Å². The van der Waals surface area contributed by atoms with Crippen LogP contribution in [-0.2, 0) is 0 Å². The average molecular weight is 270 g/mol. The van der Waals surface area contributed by atoms with Gasteiger partial charge in [-0.25, -0.2) is 9.67 Å². The molecule has 5 nitrogen and oxygen atoms in total. The first-order valence-electron chi connectivity index (χ1n) is 7.09. The van der Waals surface area contributed by atoms with Crippen LogP contribution in [0.2, 0.25) is 0 Å². The van der Waals surface area contributed by atoms with Crippen molar-refractivity contribution in [3.05, 3.63) is 42.5 Å². The van der Waals surface area contributed by atoms with E-state index in [2.05, 4.69) is 15.4 Å². The Bertz CT molecular complexity index is 556. The Morgan fingerprint density at radius 3 is 2.55 bits per heavy atom. The minimum atomic E-state index is 0.0158. The summed E-state index contributed by atoms with van der Waals surface area (Å²) in [6.07, 6.45) is 9.05. The second-order valence-electron chi connectivity index (χ2n) is 5.20. The van der Waals surface area contributed by atoms with Gasteiger partial charge >= 0.3 is 0 Å². The van der Waals surface area contributed by atoms with E-state index in [4.69, 9.17) is 0 Å². The summed E-state index contributed by atoms with van der Waals surface area (Å²) in [6.45, 7) is 0. The summed E-state index contributed by atoms with van der Waals surface area (Å²) in [5, 5.41) is 7.18. The number of nitrogens with one attached hydrogen (secondary N) is 1. The standard InChI is InChI=1S/C15H18N4O/c20-15(18-13-4-2-1-3-5-13)12-6-8-14(9-7-12)19-11-16-10-17-19/h6-11,13H,1-5H2,(H,18,20). The molecule has 1 amide bonds. The number of benzene rings is 1. The lowest BCUT2D eigenvalue weighted by molar-refractivity contribution is 0.0927. The molecule has 1 saturated carbocycles. The molecule has 0 unspecified atom stereocenters. The molecular formula is C15H18N4O. The van der Waals surface area contributed by atoms with Gasteiger partial charge in [-0.15, -0.1) is 0 Å².